The Morgan fingerprint density at radius 2 is 1.71 bits per heavy atom. The first-order valence-corrected chi connectivity index (χ1v) is 10.1. The Labute approximate surface area is 165 Å². The highest BCUT2D eigenvalue weighted by molar-refractivity contribution is 7.90. The van der Waals surface area contributed by atoms with Crippen molar-refractivity contribution in [2.75, 3.05) is 7.11 Å². The Kier molecular flexibility index (Phi) is 6.80. The molecule has 0 aliphatic rings. The predicted octanol–water partition coefficient (Wildman–Crippen LogP) is 2.38. The van der Waals surface area contributed by atoms with E-state index in [1.807, 2.05) is 19.1 Å². The summed E-state index contributed by atoms with van der Waals surface area (Å²) in [5, 5.41) is 2.69. The lowest BCUT2D eigenvalue weighted by Crippen LogP contribution is -2.35. The number of carbonyl (C=O) groups excluding carboxylic acids is 2. The lowest BCUT2D eigenvalue weighted by molar-refractivity contribution is -0.121. The minimum absolute atomic E-state index is 0.0365. The van der Waals surface area contributed by atoms with Crippen molar-refractivity contribution in [2.24, 2.45) is 0 Å². The van der Waals surface area contributed by atoms with Gasteiger partial charge in [-0.2, -0.15) is 0 Å². The molecule has 1 atom stereocenters. The van der Waals surface area contributed by atoms with Gasteiger partial charge in [0.05, 0.1) is 24.5 Å². The van der Waals surface area contributed by atoms with E-state index >= 15 is 0 Å². The number of hydrogen-bond donors (Lipinski definition) is 2. The fourth-order valence-corrected chi connectivity index (χ4v) is 3.83. The number of sulfonamides is 1. The Bertz CT molecular complexity index is 969. The molecule has 2 amide bonds. The Morgan fingerprint density at radius 3 is 2.25 bits per heavy atom. The van der Waals surface area contributed by atoms with Crippen LogP contribution in [0.25, 0.3) is 0 Å². The highest BCUT2D eigenvalue weighted by Gasteiger charge is 2.23. The maximum atomic E-state index is 12.5. The summed E-state index contributed by atoms with van der Waals surface area (Å²) in [6, 6.07) is 11.0. The molecule has 0 aliphatic carbocycles. The maximum absolute atomic E-state index is 12.5. The SMILES string of the molecule is COc1ccc(S(=O)(=O)NC(=O)CC(NC(C)=O)c2ccc(C)cc2)cc1C. The van der Waals surface area contributed by atoms with Gasteiger partial charge in [0.25, 0.3) is 10.0 Å². The van der Waals surface area contributed by atoms with E-state index < -0.39 is 22.0 Å². The molecule has 2 aromatic rings. The third kappa shape index (κ3) is 5.56. The van der Waals surface area contributed by atoms with Crippen molar-refractivity contribution in [3.63, 3.8) is 0 Å². The first-order chi connectivity index (χ1) is 13.1. The van der Waals surface area contributed by atoms with Crippen molar-refractivity contribution >= 4 is 21.8 Å². The van der Waals surface area contributed by atoms with E-state index in [0.717, 1.165) is 5.56 Å². The predicted molar refractivity (Wildman–Crippen MR) is 105 cm³/mol. The Balaban J connectivity index is 2.17. The van der Waals surface area contributed by atoms with Crippen LogP contribution in [0.5, 0.6) is 5.75 Å². The molecule has 0 bridgehead atoms. The number of ether oxygens (including phenoxy) is 1. The van der Waals surface area contributed by atoms with Gasteiger partial charge >= 0.3 is 0 Å². The van der Waals surface area contributed by atoms with Crippen molar-refractivity contribution in [1.29, 1.82) is 0 Å². The van der Waals surface area contributed by atoms with Crippen molar-refractivity contribution < 1.29 is 22.7 Å². The number of benzene rings is 2. The highest BCUT2D eigenvalue weighted by atomic mass is 32.2. The molecule has 0 saturated heterocycles. The summed E-state index contributed by atoms with van der Waals surface area (Å²) in [4.78, 5) is 23.9. The molecule has 0 spiro atoms. The summed E-state index contributed by atoms with van der Waals surface area (Å²) in [5.41, 5.74) is 2.38. The van der Waals surface area contributed by atoms with E-state index in [9.17, 15) is 18.0 Å². The second-order valence-electron chi connectivity index (χ2n) is 6.53. The summed E-state index contributed by atoms with van der Waals surface area (Å²) in [6.07, 6.45) is -0.211. The van der Waals surface area contributed by atoms with Crippen molar-refractivity contribution in [3.05, 3.63) is 59.2 Å². The number of nitrogens with one attached hydrogen (secondary N) is 2. The average molecular weight is 404 g/mol. The summed E-state index contributed by atoms with van der Waals surface area (Å²) >= 11 is 0. The van der Waals surface area contributed by atoms with E-state index in [0.29, 0.717) is 16.9 Å². The monoisotopic (exact) mass is 404 g/mol. The lowest BCUT2D eigenvalue weighted by atomic mass is 10.0. The molecular formula is C20H24N2O5S. The maximum Gasteiger partial charge on any atom is 0.264 e. The van der Waals surface area contributed by atoms with Crippen LogP contribution in [-0.4, -0.2) is 27.3 Å². The standard InChI is InChI=1S/C20H24N2O5S/c1-13-5-7-16(8-6-13)18(21-15(3)23)12-20(24)22-28(25,26)17-9-10-19(27-4)14(2)11-17/h5-11,18H,12H2,1-4H3,(H,21,23)(H,22,24). The summed E-state index contributed by atoms with van der Waals surface area (Å²) in [7, 11) is -2.55. The van der Waals surface area contributed by atoms with Crippen LogP contribution in [0.15, 0.2) is 47.4 Å². The van der Waals surface area contributed by atoms with Crippen LogP contribution in [0.4, 0.5) is 0 Å². The highest BCUT2D eigenvalue weighted by Crippen LogP contribution is 2.22. The molecule has 0 saturated carbocycles. The molecule has 150 valence electrons. The van der Waals surface area contributed by atoms with Gasteiger partial charge in [0.15, 0.2) is 0 Å². The van der Waals surface area contributed by atoms with Crippen molar-refractivity contribution in [2.45, 2.75) is 38.1 Å². The molecule has 2 aromatic carbocycles. The van der Waals surface area contributed by atoms with Crippen LogP contribution in [0.2, 0.25) is 0 Å². The summed E-state index contributed by atoms with van der Waals surface area (Å²) in [6.45, 7) is 4.98. The van der Waals surface area contributed by atoms with Gasteiger partial charge in [-0.05, 0) is 43.2 Å². The number of aryl methyl sites for hydroxylation is 2. The third-order valence-corrected chi connectivity index (χ3v) is 5.54. The van der Waals surface area contributed by atoms with Crippen molar-refractivity contribution in [3.8, 4) is 5.75 Å². The average Bonchev–Trinajstić information content (AvgIpc) is 2.60. The molecule has 7 nitrogen and oxygen atoms in total. The first kappa shape index (κ1) is 21.4. The molecule has 0 fully saturated rings. The van der Waals surface area contributed by atoms with Gasteiger partial charge < -0.3 is 10.1 Å². The number of hydrogen-bond acceptors (Lipinski definition) is 5. The van der Waals surface area contributed by atoms with Crippen LogP contribution < -0.4 is 14.8 Å². The minimum Gasteiger partial charge on any atom is -0.496 e. The minimum atomic E-state index is -4.04. The number of carbonyl (C=O) groups is 2. The Morgan fingerprint density at radius 1 is 1.07 bits per heavy atom. The van der Waals surface area contributed by atoms with E-state index in [-0.39, 0.29) is 17.2 Å². The normalized spacial score (nSPS) is 12.1. The van der Waals surface area contributed by atoms with Crippen LogP contribution in [0.1, 0.15) is 36.1 Å². The topological polar surface area (TPSA) is 102 Å². The van der Waals surface area contributed by atoms with Crippen LogP contribution in [0.3, 0.4) is 0 Å². The van der Waals surface area contributed by atoms with Crippen molar-refractivity contribution in [1.82, 2.24) is 10.0 Å². The number of methoxy groups -OCH3 is 1. The third-order valence-electron chi connectivity index (χ3n) is 4.17. The second kappa shape index (κ2) is 8.88. The molecule has 0 aliphatic heterocycles. The summed E-state index contributed by atoms with van der Waals surface area (Å²) in [5.74, 6) is -0.477. The molecule has 1 unspecified atom stereocenters. The van der Waals surface area contributed by atoms with Gasteiger partial charge in [-0.25, -0.2) is 13.1 Å². The van der Waals surface area contributed by atoms with E-state index in [1.54, 1.807) is 19.1 Å². The number of rotatable bonds is 7. The van der Waals surface area contributed by atoms with Gasteiger partial charge in [-0.3, -0.25) is 9.59 Å². The van der Waals surface area contributed by atoms with Crippen LogP contribution >= 0.6 is 0 Å². The fraction of sp³-hybridized carbons (Fsp3) is 0.300. The van der Waals surface area contributed by atoms with E-state index in [2.05, 4.69) is 10.0 Å². The fourth-order valence-electron chi connectivity index (χ4n) is 2.75. The van der Waals surface area contributed by atoms with Crippen LogP contribution in [0, 0.1) is 13.8 Å². The van der Waals surface area contributed by atoms with Gasteiger partial charge in [0, 0.05) is 6.92 Å². The summed E-state index contributed by atoms with van der Waals surface area (Å²) < 4.78 is 32.2. The van der Waals surface area contributed by atoms with Gasteiger partial charge in [-0.15, -0.1) is 0 Å². The Hall–Kier alpha value is -2.87. The molecule has 0 heterocycles. The quantitative estimate of drug-likeness (QED) is 0.738. The second-order valence-corrected chi connectivity index (χ2v) is 8.21. The molecule has 2 rings (SSSR count). The zero-order valence-electron chi connectivity index (χ0n) is 16.3. The zero-order valence-corrected chi connectivity index (χ0v) is 17.1. The van der Waals surface area contributed by atoms with E-state index in [1.165, 1.54) is 32.2 Å². The van der Waals surface area contributed by atoms with Gasteiger partial charge in [0.2, 0.25) is 11.8 Å². The van der Waals surface area contributed by atoms with Gasteiger partial charge in [0.1, 0.15) is 5.75 Å². The first-order valence-electron chi connectivity index (χ1n) is 8.66. The molecule has 28 heavy (non-hydrogen) atoms. The van der Waals surface area contributed by atoms with Crippen LogP contribution in [-0.2, 0) is 19.6 Å². The van der Waals surface area contributed by atoms with E-state index in [4.69, 9.17) is 4.74 Å². The van der Waals surface area contributed by atoms with Gasteiger partial charge in [-0.1, -0.05) is 29.8 Å². The molecular weight excluding hydrogens is 380 g/mol. The number of amides is 2. The largest absolute Gasteiger partial charge is 0.496 e. The smallest absolute Gasteiger partial charge is 0.264 e. The molecule has 0 aromatic heterocycles. The zero-order chi connectivity index (χ0) is 20.9. The molecule has 2 N–H and O–H groups in total. The molecule has 8 heteroatoms. The molecule has 0 radical (unpaired) electrons. The lowest BCUT2D eigenvalue weighted by Gasteiger charge is -2.18.